The lowest BCUT2D eigenvalue weighted by molar-refractivity contribution is 0.262. The Morgan fingerprint density at radius 1 is 1.13 bits per heavy atom. The molecule has 0 aliphatic heterocycles. The Kier molecular flexibility index (Phi) is 5.69. The molecule has 0 aliphatic carbocycles. The third-order valence-corrected chi connectivity index (χ3v) is 6.03. The van der Waals surface area contributed by atoms with Crippen molar-refractivity contribution in [1.82, 2.24) is 19.6 Å². The van der Waals surface area contributed by atoms with E-state index in [1.165, 1.54) is 30.2 Å². The number of hydrogen-bond acceptors (Lipinski definition) is 5. The molecule has 0 unspecified atom stereocenters. The van der Waals surface area contributed by atoms with Crippen LogP contribution in [-0.4, -0.2) is 25.6 Å². The third kappa shape index (κ3) is 4.29. The second-order valence-corrected chi connectivity index (χ2v) is 8.41. The number of nitrogens with one attached hydrogen (secondary N) is 2. The average Bonchev–Trinajstić information content (AvgIpc) is 3.17. The summed E-state index contributed by atoms with van der Waals surface area (Å²) in [6.07, 6.45) is 1.48. The molecule has 0 fully saturated rings. The van der Waals surface area contributed by atoms with Gasteiger partial charge in [0.25, 0.3) is 5.78 Å². The van der Waals surface area contributed by atoms with E-state index in [0.717, 1.165) is 21.2 Å². The van der Waals surface area contributed by atoms with Crippen LogP contribution in [0.5, 0.6) is 0 Å². The molecule has 30 heavy (non-hydrogen) atoms. The van der Waals surface area contributed by atoms with Crippen molar-refractivity contribution in [1.29, 1.82) is 0 Å². The molecule has 0 aliphatic rings. The van der Waals surface area contributed by atoms with Gasteiger partial charge in [-0.2, -0.15) is 14.6 Å². The fraction of sp³-hybridized carbons (Fsp3) is 0.100. The first kappa shape index (κ1) is 20.3. The van der Waals surface area contributed by atoms with Crippen LogP contribution < -0.4 is 10.6 Å². The summed E-state index contributed by atoms with van der Waals surface area (Å²) in [5.74, 6) is 0.0319. The first-order valence-electron chi connectivity index (χ1n) is 8.88. The lowest BCUT2D eigenvalue weighted by Crippen LogP contribution is -2.20. The third-order valence-electron chi connectivity index (χ3n) is 4.36. The minimum Gasteiger partial charge on any atom is -0.308 e. The zero-order chi connectivity index (χ0) is 21.3. The number of halogens is 2. The Bertz CT molecular complexity index is 1240. The van der Waals surface area contributed by atoms with Crippen molar-refractivity contribution in [2.45, 2.75) is 23.8 Å². The van der Waals surface area contributed by atoms with Crippen LogP contribution >= 0.6 is 27.7 Å². The van der Waals surface area contributed by atoms with Crippen molar-refractivity contribution in [3.05, 3.63) is 70.3 Å². The maximum atomic E-state index is 13.9. The summed E-state index contributed by atoms with van der Waals surface area (Å²) in [6.45, 7) is 3.93. The molecule has 0 bridgehead atoms. The molecule has 0 atom stereocenters. The van der Waals surface area contributed by atoms with Crippen LogP contribution in [0.3, 0.4) is 0 Å². The van der Waals surface area contributed by atoms with Gasteiger partial charge in [0.2, 0.25) is 0 Å². The molecule has 2 aromatic heterocycles. The van der Waals surface area contributed by atoms with E-state index in [-0.39, 0.29) is 5.69 Å². The van der Waals surface area contributed by atoms with Gasteiger partial charge in [0, 0.05) is 26.3 Å². The van der Waals surface area contributed by atoms with Crippen LogP contribution in [0, 0.1) is 19.7 Å². The van der Waals surface area contributed by atoms with Crippen LogP contribution in [0.15, 0.2) is 63.2 Å². The molecule has 2 N–H and O–H groups in total. The van der Waals surface area contributed by atoms with Gasteiger partial charge in [-0.25, -0.2) is 14.2 Å². The number of rotatable bonds is 4. The van der Waals surface area contributed by atoms with Gasteiger partial charge in [-0.05, 0) is 56.3 Å². The van der Waals surface area contributed by atoms with Crippen LogP contribution in [0.25, 0.3) is 5.78 Å². The number of fused-ring (bicyclic) bond motifs is 1. The maximum absolute atomic E-state index is 13.9. The number of urea groups is 1. The van der Waals surface area contributed by atoms with Gasteiger partial charge in [0.05, 0.1) is 5.69 Å². The SMILES string of the molecule is Cc1nc2ncnn2c(Sc2ccc(NC(=O)Nc3ccc(Br)cc3F)cc2)c1C. The summed E-state index contributed by atoms with van der Waals surface area (Å²) < 4.78 is 16.2. The van der Waals surface area contributed by atoms with Crippen LogP contribution in [-0.2, 0) is 0 Å². The van der Waals surface area contributed by atoms with Crippen molar-refractivity contribution in [2.75, 3.05) is 10.6 Å². The van der Waals surface area contributed by atoms with Crippen molar-refractivity contribution < 1.29 is 9.18 Å². The fourth-order valence-corrected chi connectivity index (χ4v) is 4.06. The Labute approximate surface area is 184 Å². The molecule has 2 heterocycles. The molecule has 10 heteroatoms. The Balaban J connectivity index is 1.46. The second kappa shape index (κ2) is 8.41. The summed E-state index contributed by atoms with van der Waals surface area (Å²) in [6, 6.07) is 11.2. The number of benzene rings is 2. The maximum Gasteiger partial charge on any atom is 0.323 e. The summed E-state index contributed by atoms with van der Waals surface area (Å²) in [5, 5.41) is 10.4. The highest BCUT2D eigenvalue weighted by molar-refractivity contribution is 9.10. The smallest absolute Gasteiger partial charge is 0.308 e. The largest absolute Gasteiger partial charge is 0.323 e. The number of aromatic nitrogens is 4. The van der Waals surface area contributed by atoms with E-state index in [2.05, 4.69) is 41.6 Å². The number of anilines is 2. The van der Waals surface area contributed by atoms with Gasteiger partial charge in [0.15, 0.2) is 0 Å². The van der Waals surface area contributed by atoms with Gasteiger partial charge in [0.1, 0.15) is 17.2 Å². The summed E-state index contributed by atoms with van der Waals surface area (Å²) in [7, 11) is 0. The van der Waals surface area contributed by atoms with E-state index in [1.807, 2.05) is 26.0 Å². The zero-order valence-corrected chi connectivity index (χ0v) is 18.4. The van der Waals surface area contributed by atoms with Crippen LogP contribution in [0.1, 0.15) is 11.3 Å². The van der Waals surface area contributed by atoms with E-state index in [9.17, 15) is 9.18 Å². The molecule has 0 spiro atoms. The highest BCUT2D eigenvalue weighted by Crippen LogP contribution is 2.31. The van der Waals surface area contributed by atoms with Gasteiger partial charge in [-0.15, -0.1) is 0 Å². The summed E-state index contributed by atoms with van der Waals surface area (Å²) in [4.78, 5) is 21.7. The molecule has 4 aromatic rings. The first-order chi connectivity index (χ1) is 14.4. The minimum absolute atomic E-state index is 0.100. The van der Waals surface area contributed by atoms with Crippen molar-refractivity contribution in [2.24, 2.45) is 0 Å². The van der Waals surface area contributed by atoms with Gasteiger partial charge in [-0.3, -0.25) is 0 Å². The predicted octanol–water partition coefficient (Wildman–Crippen LogP) is 5.44. The molecular weight excluding hydrogens is 471 g/mol. The molecule has 0 saturated heterocycles. The summed E-state index contributed by atoms with van der Waals surface area (Å²) in [5.41, 5.74) is 2.61. The topological polar surface area (TPSA) is 84.2 Å². The van der Waals surface area contributed by atoms with Crippen molar-refractivity contribution >= 4 is 50.9 Å². The fourth-order valence-electron chi connectivity index (χ4n) is 2.72. The number of carbonyl (C=O) groups excluding carboxylic acids is 1. The van der Waals surface area contributed by atoms with Crippen LogP contribution in [0.4, 0.5) is 20.6 Å². The monoisotopic (exact) mass is 486 g/mol. The quantitative estimate of drug-likeness (QED) is 0.375. The first-order valence-corrected chi connectivity index (χ1v) is 10.5. The Morgan fingerprint density at radius 3 is 2.63 bits per heavy atom. The lowest BCUT2D eigenvalue weighted by Gasteiger charge is -2.11. The summed E-state index contributed by atoms with van der Waals surface area (Å²) >= 11 is 4.72. The Hall–Kier alpha value is -2.98. The van der Waals surface area contributed by atoms with E-state index in [1.54, 1.807) is 22.7 Å². The highest BCUT2D eigenvalue weighted by Gasteiger charge is 2.13. The number of amides is 2. The van der Waals surface area contributed by atoms with Gasteiger partial charge < -0.3 is 10.6 Å². The molecule has 2 aromatic carbocycles. The molecule has 4 rings (SSSR count). The number of nitrogens with zero attached hydrogens (tertiary/aromatic N) is 4. The minimum atomic E-state index is -0.526. The van der Waals surface area contributed by atoms with E-state index < -0.39 is 11.8 Å². The number of aryl methyl sites for hydroxylation is 1. The molecule has 0 radical (unpaired) electrons. The van der Waals surface area contributed by atoms with Gasteiger partial charge >= 0.3 is 6.03 Å². The van der Waals surface area contributed by atoms with Crippen LogP contribution in [0.2, 0.25) is 0 Å². The second-order valence-electron chi connectivity index (χ2n) is 6.43. The Morgan fingerprint density at radius 2 is 1.90 bits per heavy atom. The average molecular weight is 487 g/mol. The number of hydrogen-bond donors (Lipinski definition) is 2. The van der Waals surface area contributed by atoms with Crippen molar-refractivity contribution in [3.63, 3.8) is 0 Å². The molecular formula is C20H16BrFN6OS. The normalized spacial score (nSPS) is 10.9. The molecule has 2 amide bonds. The van der Waals surface area contributed by atoms with Crippen molar-refractivity contribution in [3.8, 4) is 0 Å². The predicted molar refractivity (Wildman–Crippen MR) is 118 cm³/mol. The molecule has 7 nitrogen and oxygen atoms in total. The molecule has 152 valence electrons. The number of carbonyl (C=O) groups is 1. The van der Waals surface area contributed by atoms with Gasteiger partial charge in [-0.1, -0.05) is 27.7 Å². The van der Waals surface area contributed by atoms with E-state index >= 15 is 0 Å². The molecule has 0 saturated carbocycles. The zero-order valence-electron chi connectivity index (χ0n) is 16.0. The standard InChI is InChI=1S/C20H16BrFN6OS/c1-11-12(2)25-19-23-10-24-28(19)18(11)30-15-6-4-14(5-7-15)26-20(29)27-17-8-3-13(21)9-16(17)22/h3-10H,1-2H3,(H2,26,27,29). The van der Waals surface area contributed by atoms with E-state index in [4.69, 9.17) is 0 Å². The van der Waals surface area contributed by atoms with E-state index in [0.29, 0.717) is 15.9 Å². The highest BCUT2D eigenvalue weighted by atomic mass is 79.9. The lowest BCUT2D eigenvalue weighted by atomic mass is 10.3.